The van der Waals surface area contributed by atoms with Gasteiger partial charge in [-0.25, -0.2) is 13.6 Å². The largest absolute Gasteiger partial charge is 0.465 e. The lowest BCUT2D eigenvalue weighted by Gasteiger charge is -2.27. The smallest absolute Gasteiger partial charge is 0.409 e. The van der Waals surface area contributed by atoms with Gasteiger partial charge in [0.05, 0.1) is 18.8 Å². The van der Waals surface area contributed by atoms with Gasteiger partial charge in [-0.2, -0.15) is 0 Å². The van der Waals surface area contributed by atoms with Crippen molar-refractivity contribution in [3.05, 3.63) is 70.8 Å². The molecule has 1 heterocycles. The molecule has 184 valence electrons. The Morgan fingerprint density at radius 3 is 2.53 bits per heavy atom. The average Bonchev–Trinajstić information content (AvgIpc) is 3.28. The van der Waals surface area contributed by atoms with E-state index in [4.69, 9.17) is 4.74 Å². The van der Waals surface area contributed by atoms with Gasteiger partial charge in [-0.3, -0.25) is 9.69 Å². The van der Waals surface area contributed by atoms with Gasteiger partial charge in [0.1, 0.15) is 24.4 Å². The first-order valence-corrected chi connectivity index (χ1v) is 11.1. The van der Waals surface area contributed by atoms with Crippen LogP contribution in [0, 0.1) is 11.6 Å². The lowest BCUT2D eigenvalue weighted by atomic mass is 10.00. The van der Waals surface area contributed by atoms with Gasteiger partial charge in [-0.1, -0.05) is 31.2 Å². The number of ether oxygens (including phenoxy) is 1. The third-order valence-electron chi connectivity index (χ3n) is 5.68. The molecular weight excluding hydrogens is 448 g/mol. The average molecular weight is 478 g/mol. The Morgan fingerprint density at radius 2 is 1.85 bits per heavy atom. The maximum absolute atomic E-state index is 13.7. The molecule has 3 atom stereocenters. The highest BCUT2D eigenvalue weighted by Crippen LogP contribution is 2.15. The number of benzene rings is 2. The van der Waals surface area contributed by atoms with Crippen LogP contribution in [-0.2, 0) is 28.9 Å². The van der Waals surface area contributed by atoms with Crippen molar-refractivity contribution in [2.45, 2.75) is 44.5 Å². The fourth-order valence-electron chi connectivity index (χ4n) is 3.86. The lowest BCUT2D eigenvalue weighted by Crippen LogP contribution is -2.54. The number of carbonyl (C=O) groups is 2. The number of aliphatic hydroxyl groups excluding tert-OH is 1. The second kappa shape index (κ2) is 11.9. The van der Waals surface area contributed by atoms with E-state index in [1.165, 1.54) is 5.56 Å². The van der Waals surface area contributed by atoms with Crippen molar-refractivity contribution in [1.82, 2.24) is 15.5 Å². The van der Waals surface area contributed by atoms with Gasteiger partial charge < -0.3 is 25.6 Å². The lowest BCUT2D eigenvalue weighted by molar-refractivity contribution is -0.126. The van der Waals surface area contributed by atoms with E-state index in [1.54, 1.807) is 0 Å². The standard InChI is InChI=1S/C24H29F2N3O5/c1-2-15-4-3-5-16(6-15)11-27-12-22(30)20(9-17-7-18(25)10-19(26)8-17)28-23(31)21-13-34-14-29(21)24(32)33/h3-8,10,20-22,27,30H,2,9,11-14H2,1H3,(H,28,31)(H,32,33)/t20-,21+,22-/m0/s1. The molecule has 0 aliphatic carbocycles. The van der Waals surface area contributed by atoms with Crippen molar-refractivity contribution in [2.24, 2.45) is 0 Å². The first-order chi connectivity index (χ1) is 16.3. The molecule has 1 aliphatic heterocycles. The van der Waals surface area contributed by atoms with E-state index in [9.17, 15) is 28.6 Å². The first-order valence-electron chi connectivity index (χ1n) is 11.1. The minimum atomic E-state index is -1.31. The first kappa shape index (κ1) is 25.5. The minimum Gasteiger partial charge on any atom is -0.465 e. The highest BCUT2D eigenvalue weighted by Gasteiger charge is 2.36. The maximum atomic E-state index is 13.7. The number of aryl methyl sites for hydroxylation is 1. The highest BCUT2D eigenvalue weighted by atomic mass is 19.1. The number of halogens is 2. The van der Waals surface area contributed by atoms with E-state index in [2.05, 4.69) is 23.6 Å². The number of hydrogen-bond donors (Lipinski definition) is 4. The minimum absolute atomic E-state index is 0.0603. The van der Waals surface area contributed by atoms with Crippen molar-refractivity contribution in [3.63, 3.8) is 0 Å². The summed E-state index contributed by atoms with van der Waals surface area (Å²) in [5.74, 6) is -2.20. The van der Waals surface area contributed by atoms with Crippen LogP contribution in [0.4, 0.5) is 13.6 Å². The molecule has 34 heavy (non-hydrogen) atoms. The van der Waals surface area contributed by atoms with Crippen LogP contribution in [0.5, 0.6) is 0 Å². The molecule has 2 aromatic rings. The molecule has 0 unspecified atom stereocenters. The summed E-state index contributed by atoms with van der Waals surface area (Å²) >= 11 is 0. The maximum Gasteiger partial charge on any atom is 0.409 e. The number of rotatable bonds is 10. The van der Waals surface area contributed by atoms with Crippen LogP contribution in [0.15, 0.2) is 42.5 Å². The second-order valence-electron chi connectivity index (χ2n) is 8.24. The van der Waals surface area contributed by atoms with Gasteiger partial charge in [0, 0.05) is 19.2 Å². The molecule has 4 N–H and O–H groups in total. The van der Waals surface area contributed by atoms with Crippen LogP contribution in [0.2, 0.25) is 0 Å². The Hall–Kier alpha value is -3.08. The third kappa shape index (κ3) is 6.96. The molecule has 2 aromatic carbocycles. The van der Waals surface area contributed by atoms with E-state index >= 15 is 0 Å². The van der Waals surface area contributed by atoms with Crippen LogP contribution in [0.3, 0.4) is 0 Å². The highest BCUT2D eigenvalue weighted by molar-refractivity contribution is 5.86. The zero-order valence-corrected chi connectivity index (χ0v) is 18.8. The van der Waals surface area contributed by atoms with Crippen LogP contribution in [0.25, 0.3) is 0 Å². The van der Waals surface area contributed by atoms with E-state index in [-0.39, 0.29) is 31.9 Å². The number of hydrogen-bond acceptors (Lipinski definition) is 5. The monoisotopic (exact) mass is 477 g/mol. The number of carbonyl (C=O) groups excluding carboxylic acids is 1. The number of nitrogens with one attached hydrogen (secondary N) is 2. The van der Waals surface area contributed by atoms with Gasteiger partial charge in [-0.15, -0.1) is 0 Å². The Balaban J connectivity index is 1.69. The molecule has 0 bridgehead atoms. The van der Waals surface area contributed by atoms with Crippen LogP contribution >= 0.6 is 0 Å². The molecular formula is C24H29F2N3O5. The second-order valence-corrected chi connectivity index (χ2v) is 8.24. The van der Waals surface area contributed by atoms with Crippen molar-refractivity contribution < 1.29 is 33.3 Å². The molecule has 3 rings (SSSR count). The van der Waals surface area contributed by atoms with E-state index in [0.29, 0.717) is 6.54 Å². The van der Waals surface area contributed by atoms with Crippen molar-refractivity contribution in [3.8, 4) is 0 Å². The predicted octanol–water partition coefficient (Wildman–Crippen LogP) is 2.04. The Kier molecular flexibility index (Phi) is 8.91. The van der Waals surface area contributed by atoms with Crippen LogP contribution in [-0.4, -0.2) is 65.2 Å². The van der Waals surface area contributed by atoms with Gasteiger partial charge in [-0.05, 0) is 41.7 Å². The number of carboxylic acid groups (broad SMARTS) is 1. The van der Waals surface area contributed by atoms with Crippen molar-refractivity contribution >= 4 is 12.0 Å². The van der Waals surface area contributed by atoms with E-state index in [0.717, 1.165) is 35.1 Å². The molecule has 0 radical (unpaired) electrons. The summed E-state index contributed by atoms with van der Waals surface area (Å²) in [6, 6.07) is 8.95. The quantitative estimate of drug-likeness (QED) is 0.417. The Bertz CT molecular complexity index is 986. The molecule has 10 heteroatoms. The molecule has 0 aromatic heterocycles. The molecule has 0 saturated carbocycles. The third-order valence-corrected chi connectivity index (χ3v) is 5.68. The topological polar surface area (TPSA) is 111 Å². The normalized spacial score (nSPS) is 17.4. The summed E-state index contributed by atoms with van der Waals surface area (Å²) in [7, 11) is 0. The fourth-order valence-corrected chi connectivity index (χ4v) is 3.86. The van der Waals surface area contributed by atoms with Crippen molar-refractivity contribution in [1.29, 1.82) is 0 Å². The molecule has 1 saturated heterocycles. The fraction of sp³-hybridized carbons (Fsp3) is 0.417. The van der Waals surface area contributed by atoms with Crippen LogP contribution in [0.1, 0.15) is 23.6 Å². The number of nitrogens with zero attached hydrogens (tertiary/aromatic N) is 1. The molecule has 8 nitrogen and oxygen atoms in total. The molecule has 1 aliphatic rings. The summed E-state index contributed by atoms with van der Waals surface area (Å²) in [4.78, 5) is 25.0. The van der Waals surface area contributed by atoms with Gasteiger partial charge >= 0.3 is 6.09 Å². The molecule has 2 amide bonds. The zero-order chi connectivity index (χ0) is 24.7. The van der Waals surface area contributed by atoms with Gasteiger partial charge in [0.25, 0.3) is 0 Å². The number of amides is 2. The van der Waals surface area contributed by atoms with Gasteiger partial charge in [0.2, 0.25) is 5.91 Å². The summed E-state index contributed by atoms with van der Waals surface area (Å²) in [6.45, 7) is 2.25. The van der Waals surface area contributed by atoms with Crippen molar-refractivity contribution in [2.75, 3.05) is 19.9 Å². The zero-order valence-electron chi connectivity index (χ0n) is 18.8. The SMILES string of the molecule is CCc1cccc(CNC[C@H](O)[C@H](Cc2cc(F)cc(F)c2)NC(=O)[C@H]2COCN2C(=O)O)c1. The Labute approximate surface area is 196 Å². The predicted molar refractivity (Wildman–Crippen MR) is 120 cm³/mol. The van der Waals surface area contributed by atoms with Gasteiger partial charge in [0.15, 0.2) is 0 Å². The molecule has 0 spiro atoms. The summed E-state index contributed by atoms with van der Waals surface area (Å²) < 4.78 is 32.5. The van der Waals surface area contributed by atoms with E-state index < -0.39 is 41.8 Å². The summed E-state index contributed by atoms with van der Waals surface area (Å²) in [5.41, 5.74) is 2.45. The van der Waals surface area contributed by atoms with Crippen LogP contribution < -0.4 is 10.6 Å². The Morgan fingerprint density at radius 1 is 1.15 bits per heavy atom. The number of aliphatic hydroxyl groups is 1. The van der Waals surface area contributed by atoms with E-state index in [1.807, 2.05) is 18.2 Å². The molecule has 1 fully saturated rings. The summed E-state index contributed by atoms with van der Waals surface area (Å²) in [5, 5.41) is 25.9. The summed E-state index contributed by atoms with van der Waals surface area (Å²) in [6.07, 6.45) is -1.59.